The van der Waals surface area contributed by atoms with Crippen molar-refractivity contribution in [3.8, 4) is 0 Å². The maximum absolute atomic E-state index is 12.6. The van der Waals surface area contributed by atoms with Crippen LogP contribution in [0.5, 0.6) is 0 Å². The Morgan fingerprint density at radius 2 is 1.67 bits per heavy atom. The summed E-state index contributed by atoms with van der Waals surface area (Å²) in [5.41, 5.74) is 5.71. The second-order valence-electron chi connectivity index (χ2n) is 6.48. The van der Waals surface area contributed by atoms with Gasteiger partial charge < -0.3 is 10.6 Å². The van der Waals surface area contributed by atoms with Crippen molar-refractivity contribution < 1.29 is 4.79 Å². The summed E-state index contributed by atoms with van der Waals surface area (Å²) in [5, 5.41) is 0. The SMILES string of the molecule is CC(C)N(CC1CC1)C(=O)C1CCC(CN)CC1. The van der Waals surface area contributed by atoms with E-state index in [9.17, 15) is 4.79 Å². The minimum atomic E-state index is 0.272. The van der Waals surface area contributed by atoms with Gasteiger partial charge in [0.15, 0.2) is 0 Å². The lowest BCUT2D eigenvalue weighted by atomic mass is 9.81. The Kier molecular flexibility index (Phi) is 4.66. The minimum absolute atomic E-state index is 0.272. The van der Waals surface area contributed by atoms with E-state index in [0.717, 1.165) is 44.7 Å². The van der Waals surface area contributed by atoms with Gasteiger partial charge in [-0.1, -0.05) is 0 Å². The molecule has 2 aliphatic carbocycles. The van der Waals surface area contributed by atoms with Crippen molar-refractivity contribution in [3.63, 3.8) is 0 Å². The lowest BCUT2D eigenvalue weighted by molar-refractivity contribution is -0.138. The monoisotopic (exact) mass is 252 g/mol. The molecule has 0 aliphatic heterocycles. The van der Waals surface area contributed by atoms with E-state index < -0.39 is 0 Å². The fraction of sp³-hybridized carbons (Fsp3) is 0.933. The highest BCUT2D eigenvalue weighted by molar-refractivity contribution is 5.79. The second kappa shape index (κ2) is 6.05. The standard InChI is InChI=1S/C15H28N2O/c1-11(2)17(10-13-3-4-13)15(18)14-7-5-12(9-16)6-8-14/h11-14H,3-10,16H2,1-2H3. The molecule has 0 aromatic carbocycles. The van der Waals surface area contributed by atoms with Crippen LogP contribution in [0.3, 0.4) is 0 Å². The molecule has 2 saturated carbocycles. The third-order valence-corrected chi connectivity index (χ3v) is 4.59. The first-order valence-corrected chi connectivity index (χ1v) is 7.62. The van der Waals surface area contributed by atoms with E-state index in [1.165, 1.54) is 12.8 Å². The van der Waals surface area contributed by atoms with E-state index in [1.807, 2.05) is 0 Å². The number of hydrogen-bond donors (Lipinski definition) is 1. The summed E-state index contributed by atoms with van der Waals surface area (Å²) in [6.45, 7) is 6.07. The van der Waals surface area contributed by atoms with Gasteiger partial charge in [0.2, 0.25) is 5.91 Å². The Balaban J connectivity index is 1.87. The number of hydrogen-bond acceptors (Lipinski definition) is 2. The number of carbonyl (C=O) groups excluding carboxylic acids is 1. The van der Waals surface area contributed by atoms with E-state index in [2.05, 4.69) is 18.7 Å². The second-order valence-corrected chi connectivity index (χ2v) is 6.48. The normalized spacial score (nSPS) is 28.4. The van der Waals surface area contributed by atoms with Gasteiger partial charge in [-0.05, 0) is 70.8 Å². The summed E-state index contributed by atoms with van der Waals surface area (Å²) in [7, 11) is 0. The van der Waals surface area contributed by atoms with Crippen molar-refractivity contribution in [3.05, 3.63) is 0 Å². The fourth-order valence-corrected chi connectivity index (χ4v) is 3.01. The van der Waals surface area contributed by atoms with Gasteiger partial charge in [-0.15, -0.1) is 0 Å². The number of amides is 1. The maximum Gasteiger partial charge on any atom is 0.225 e. The van der Waals surface area contributed by atoms with Crippen LogP contribution in [0.15, 0.2) is 0 Å². The van der Waals surface area contributed by atoms with Crippen LogP contribution >= 0.6 is 0 Å². The average Bonchev–Trinajstić information content (AvgIpc) is 3.19. The first-order valence-electron chi connectivity index (χ1n) is 7.62. The average molecular weight is 252 g/mol. The third kappa shape index (κ3) is 3.47. The van der Waals surface area contributed by atoms with E-state index in [1.54, 1.807) is 0 Å². The molecule has 0 aromatic rings. The Morgan fingerprint density at radius 3 is 2.11 bits per heavy atom. The molecule has 0 radical (unpaired) electrons. The van der Waals surface area contributed by atoms with Gasteiger partial charge in [0.05, 0.1) is 0 Å². The lowest BCUT2D eigenvalue weighted by Gasteiger charge is -2.34. The minimum Gasteiger partial charge on any atom is -0.340 e. The third-order valence-electron chi connectivity index (χ3n) is 4.59. The number of nitrogens with two attached hydrogens (primary N) is 1. The molecule has 2 fully saturated rings. The zero-order valence-electron chi connectivity index (χ0n) is 11.9. The molecule has 18 heavy (non-hydrogen) atoms. The van der Waals surface area contributed by atoms with Crippen LogP contribution in [0.1, 0.15) is 52.4 Å². The molecule has 1 amide bonds. The van der Waals surface area contributed by atoms with Crippen LogP contribution in [0.2, 0.25) is 0 Å². The predicted octanol–water partition coefficient (Wildman–Crippen LogP) is 2.40. The lowest BCUT2D eigenvalue weighted by Crippen LogP contribution is -2.43. The molecule has 2 rings (SSSR count). The van der Waals surface area contributed by atoms with Crippen molar-refractivity contribution in [2.75, 3.05) is 13.1 Å². The van der Waals surface area contributed by atoms with Gasteiger partial charge in [-0.2, -0.15) is 0 Å². The topological polar surface area (TPSA) is 46.3 Å². The van der Waals surface area contributed by atoms with Crippen molar-refractivity contribution in [1.82, 2.24) is 4.90 Å². The quantitative estimate of drug-likeness (QED) is 0.816. The molecular formula is C15H28N2O. The van der Waals surface area contributed by atoms with E-state index in [4.69, 9.17) is 5.73 Å². The van der Waals surface area contributed by atoms with Crippen LogP contribution in [0.25, 0.3) is 0 Å². The molecule has 0 spiro atoms. The Hall–Kier alpha value is -0.570. The molecule has 3 nitrogen and oxygen atoms in total. The highest BCUT2D eigenvalue weighted by Gasteiger charge is 2.33. The maximum atomic E-state index is 12.6. The zero-order chi connectivity index (χ0) is 13.1. The van der Waals surface area contributed by atoms with Gasteiger partial charge in [-0.25, -0.2) is 0 Å². The van der Waals surface area contributed by atoms with Crippen LogP contribution in [0, 0.1) is 17.8 Å². The van der Waals surface area contributed by atoms with Gasteiger partial charge in [0, 0.05) is 18.5 Å². The van der Waals surface area contributed by atoms with Crippen molar-refractivity contribution in [2.45, 2.75) is 58.4 Å². The molecule has 0 saturated heterocycles. The highest BCUT2D eigenvalue weighted by Crippen LogP contribution is 2.33. The Labute approximate surface area is 111 Å². The summed E-state index contributed by atoms with van der Waals surface area (Å²) in [6, 6.07) is 0.352. The smallest absolute Gasteiger partial charge is 0.225 e. The molecular weight excluding hydrogens is 224 g/mol. The van der Waals surface area contributed by atoms with Gasteiger partial charge >= 0.3 is 0 Å². The molecule has 0 heterocycles. The molecule has 3 heteroatoms. The molecule has 2 N–H and O–H groups in total. The number of carbonyl (C=O) groups is 1. The summed E-state index contributed by atoms with van der Waals surface area (Å²) in [6.07, 6.45) is 7.01. The first-order chi connectivity index (χ1) is 8.61. The summed E-state index contributed by atoms with van der Waals surface area (Å²) in [4.78, 5) is 14.7. The summed E-state index contributed by atoms with van der Waals surface area (Å²) in [5.74, 6) is 2.13. The molecule has 0 atom stereocenters. The largest absolute Gasteiger partial charge is 0.340 e. The highest BCUT2D eigenvalue weighted by atomic mass is 16.2. The number of rotatable bonds is 5. The van der Waals surface area contributed by atoms with Crippen LogP contribution in [-0.4, -0.2) is 29.9 Å². The Morgan fingerprint density at radius 1 is 1.11 bits per heavy atom. The summed E-state index contributed by atoms with van der Waals surface area (Å²) < 4.78 is 0. The van der Waals surface area contributed by atoms with Crippen molar-refractivity contribution >= 4 is 5.91 Å². The van der Waals surface area contributed by atoms with Crippen LogP contribution < -0.4 is 5.73 Å². The molecule has 0 aromatic heterocycles. The zero-order valence-corrected chi connectivity index (χ0v) is 11.9. The van der Waals surface area contributed by atoms with Crippen LogP contribution in [0.4, 0.5) is 0 Å². The van der Waals surface area contributed by atoms with Gasteiger partial charge in [-0.3, -0.25) is 4.79 Å². The van der Waals surface area contributed by atoms with Crippen LogP contribution in [-0.2, 0) is 4.79 Å². The fourth-order valence-electron chi connectivity index (χ4n) is 3.01. The molecule has 0 bridgehead atoms. The van der Waals surface area contributed by atoms with E-state index >= 15 is 0 Å². The molecule has 104 valence electrons. The van der Waals surface area contributed by atoms with E-state index in [0.29, 0.717) is 17.9 Å². The molecule has 2 aliphatic rings. The predicted molar refractivity (Wildman–Crippen MR) is 74.1 cm³/mol. The first kappa shape index (κ1) is 13.9. The van der Waals surface area contributed by atoms with Gasteiger partial charge in [0.1, 0.15) is 0 Å². The molecule has 0 unspecified atom stereocenters. The van der Waals surface area contributed by atoms with E-state index in [-0.39, 0.29) is 5.92 Å². The number of nitrogens with zero attached hydrogens (tertiary/aromatic N) is 1. The van der Waals surface area contributed by atoms with Crippen molar-refractivity contribution in [2.24, 2.45) is 23.5 Å². The van der Waals surface area contributed by atoms with Gasteiger partial charge in [0.25, 0.3) is 0 Å². The summed E-state index contributed by atoms with van der Waals surface area (Å²) >= 11 is 0. The Bertz CT molecular complexity index is 278. The van der Waals surface area contributed by atoms with Crippen molar-refractivity contribution in [1.29, 1.82) is 0 Å².